The first-order valence-electron chi connectivity index (χ1n) is 10.5. The number of carbonyl (C=O) groups excluding carboxylic acids is 2. The highest BCUT2D eigenvalue weighted by Gasteiger charge is 2.39. The van der Waals surface area contributed by atoms with Gasteiger partial charge in [-0.05, 0) is 43.2 Å². The van der Waals surface area contributed by atoms with Crippen LogP contribution >= 0.6 is 12.4 Å². The van der Waals surface area contributed by atoms with Gasteiger partial charge in [0, 0.05) is 37.0 Å². The maximum atomic E-state index is 13.2. The number of amides is 2. The monoisotopic (exact) mass is 405 g/mol. The Labute approximate surface area is 174 Å². The summed E-state index contributed by atoms with van der Waals surface area (Å²) in [5.74, 6) is 0.0604. The Morgan fingerprint density at radius 1 is 1.18 bits per heavy atom. The van der Waals surface area contributed by atoms with Crippen LogP contribution in [0.25, 0.3) is 0 Å². The smallest absolute Gasteiger partial charge is 0.243 e. The zero-order chi connectivity index (χ0) is 19.0. The SMILES string of the molecule is CCC(C)C(=O)N1Cc2ccccc2CC1C(=O)NC1CC2CCC(C1)N2.Cl. The highest BCUT2D eigenvalue weighted by atomic mass is 35.5. The molecule has 2 N–H and O–H groups in total. The van der Waals surface area contributed by atoms with E-state index in [1.54, 1.807) is 0 Å². The average molecular weight is 406 g/mol. The molecule has 5 nitrogen and oxygen atoms in total. The van der Waals surface area contributed by atoms with Crippen molar-refractivity contribution in [3.63, 3.8) is 0 Å². The number of hydrogen-bond donors (Lipinski definition) is 2. The van der Waals surface area contributed by atoms with Gasteiger partial charge in [-0.3, -0.25) is 9.59 Å². The van der Waals surface area contributed by atoms with E-state index in [1.807, 2.05) is 30.9 Å². The Balaban J connectivity index is 0.00000225. The maximum Gasteiger partial charge on any atom is 0.243 e. The zero-order valence-corrected chi connectivity index (χ0v) is 17.6. The predicted octanol–water partition coefficient (Wildman–Crippen LogP) is 2.81. The lowest BCUT2D eigenvalue weighted by atomic mass is 9.91. The molecule has 28 heavy (non-hydrogen) atoms. The minimum atomic E-state index is -0.395. The number of benzene rings is 1. The minimum absolute atomic E-state index is 0. The van der Waals surface area contributed by atoms with E-state index in [1.165, 1.54) is 18.4 Å². The second kappa shape index (κ2) is 8.83. The van der Waals surface area contributed by atoms with E-state index in [4.69, 9.17) is 0 Å². The first kappa shape index (κ1) is 21.1. The van der Waals surface area contributed by atoms with Crippen molar-refractivity contribution < 1.29 is 9.59 Å². The maximum absolute atomic E-state index is 13.2. The van der Waals surface area contributed by atoms with Gasteiger partial charge in [-0.25, -0.2) is 0 Å². The molecular formula is C22H32ClN3O2. The van der Waals surface area contributed by atoms with Crippen LogP contribution in [0.3, 0.4) is 0 Å². The van der Waals surface area contributed by atoms with E-state index in [-0.39, 0.29) is 36.2 Å². The number of fused-ring (bicyclic) bond motifs is 3. The van der Waals surface area contributed by atoms with Crippen LogP contribution in [0, 0.1) is 5.92 Å². The summed E-state index contributed by atoms with van der Waals surface area (Å²) in [5.41, 5.74) is 2.36. The van der Waals surface area contributed by atoms with Gasteiger partial charge < -0.3 is 15.5 Å². The minimum Gasteiger partial charge on any atom is -0.351 e. The predicted molar refractivity (Wildman–Crippen MR) is 112 cm³/mol. The number of nitrogens with zero attached hydrogens (tertiary/aromatic N) is 1. The zero-order valence-electron chi connectivity index (χ0n) is 16.8. The number of rotatable bonds is 4. The van der Waals surface area contributed by atoms with Crippen molar-refractivity contribution in [2.24, 2.45) is 5.92 Å². The first-order chi connectivity index (χ1) is 13.0. The fraction of sp³-hybridized carbons (Fsp3) is 0.636. The lowest BCUT2D eigenvalue weighted by Crippen LogP contribution is -2.57. The molecule has 0 spiro atoms. The number of carbonyl (C=O) groups is 2. The molecule has 3 heterocycles. The molecule has 0 saturated carbocycles. The summed E-state index contributed by atoms with van der Waals surface area (Å²) in [7, 11) is 0. The number of piperidine rings is 1. The second-order valence-electron chi connectivity index (χ2n) is 8.58. The standard InChI is InChI=1S/C22H31N3O2.ClH/c1-3-14(2)22(27)25-13-16-7-5-4-6-15(16)10-20(25)21(26)24-19-11-17-8-9-18(12-19)23-17;/h4-7,14,17-20,23H,3,8-13H2,1-2H3,(H,24,26);1H. The highest BCUT2D eigenvalue weighted by molar-refractivity contribution is 5.89. The van der Waals surface area contributed by atoms with Crippen molar-refractivity contribution in [3.05, 3.63) is 35.4 Å². The van der Waals surface area contributed by atoms with Crippen LogP contribution in [-0.4, -0.2) is 40.9 Å². The summed E-state index contributed by atoms with van der Waals surface area (Å²) >= 11 is 0. The largest absolute Gasteiger partial charge is 0.351 e. The lowest BCUT2D eigenvalue weighted by Gasteiger charge is -2.39. The van der Waals surface area contributed by atoms with Gasteiger partial charge >= 0.3 is 0 Å². The molecular weight excluding hydrogens is 374 g/mol. The number of nitrogens with one attached hydrogen (secondary N) is 2. The molecule has 3 aliphatic rings. The fourth-order valence-corrected chi connectivity index (χ4v) is 4.92. The Kier molecular flexibility index (Phi) is 6.66. The molecule has 6 heteroatoms. The van der Waals surface area contributed by atoms with E-state index in [0.717, 1.165) is 24.8 Å². The Morgan fingerprint density at radius 2 is 1.82 bits per heavy atom. The summed E-state index contributed by atoms with van der Waals surface area (Å²) in [6.45, 7) is 4.53. The van der Waals surface area contributed by atoms with Crippen LogP contribution in [0.1, 0.15) is 57.1 Å². The molecule has 2 saturated heterocycles. The molecule has 0 radical (unpaired) electrons. The van der Waals surface area contributed by atoms with Crippen molar-refractivity contribution in [1.82, 2.24) is 15.5 Å². The van der Waals surface area contributed by atoms with Crippen molar-refractivity contribution >= 4 is 24.2 Å². The van der Waals surface area contributed by atoms with Gasteiger partial charge in [-0.1, -0.05) is 38.1 Å². The number of hydrogen-bond acceptors (Lipinski definition) is 3. The molecule has 2 amide bonds. The third kappa shape index (κ3) is 4.20. The molecule has 1 aromatic rings. The van der Waals surface area contributed by atoms with Gasteiger partial charge in [0.15, 0.2) is 0 Å². The molecule has 1 aromatic carbocycles. The van der Waals surface area contributed by atoms with Gasteiger partial charge in [-0.15, -0.1) is 12.4 Å². The second-order valence-corrected chi connectivity index (χ2v) is 8.58. The molecule has 2 fully saturated rings. The Hall–Kier alpha value is -1.59. The van der Waals surface area contributed by atoms with Crippen molar-refractivity contribution in [2.75, 3.05) is 0 Å². The van der Waals surface area contributed by atoms with Crippen molar-refractivity contribution in [3.8, 4) is 0 Å². The van der Waals surface area contributed by atoms with Gasteiger partial charge in [-0.2, -0.15) is 0 Å². The van der Waals surface area contributed by atoms with Gasteiger partial charge in [0.2, 0.25) is 11.8 Å². The first-order valence-corrected chi connectivity index (χ1v) is 10.5. The Morgan fingerprint density at radius 3 is 2.46 bits per heavy atom. The summed E-state index contributed by atoms with van der Waals surface area (Å²) in [6, 6.07) is 9.11. The van der Waals surface area contributed by atoms with E-state index in [9.17, 15) is 9.59 Å². The molecule has 4 atom stereocenters. The molecule has 0 aromatic heterocycles. The highest BCUT2D eigenvalue weighted by Crippen LogP contribution is 2.29. The van der Waals surface area contributed by atoms with Crippen LogP contribution < -0.4 is 10.6 Å². The van der Waals surface area contributed by atoms with Crippen molar-refractivity contribution in [1.29, 1.82) is 0 Å². The van der Waals surface area contributed by atoms with Crippen LogP contribution in [0.5, 0.6) is 0 Å². The number of halogens is 1. The Bertz CT molecular complexity index is 713. The average Bonchev–Trinajstić information content (AvgIpc) is 3.03. The normalized spacial score (nSPS) is 29.4. The third-order valence-corrected chi connectivity index (χ3v) is 6.69. The van der Waals surface area contributed by atoms with E-state index in [0.29, 0.717) is 25.0 Å². The van der Waals surface area contributed by atoms with Crippen molar-refractivity contribution in [2.45, 2.75) is 83.1 Å². The molecule has 0 aliphatic carbocycles. The summed E-state index contributed by atoms with van der Waals surface area (Å²) in [5, 5.41) is 6.91. The molecule has 2 bridgehead atoms. The van der Waals surface area contributed by atoms with Crippen LogP contribution in [0.4, 0.5) is 0 Å². The van der Waals surface area contributed by atoms with Crippen LogP contribution in [0.15, 0.2) is 24.3 Å². The molecule has 3 aliphatic heterocycles. The van der Waals surface area contributed by atoms with Gasteiger partial charge in [0.25, 0.3) is 0 Å². The topological polar surface area (TPSA) is 61.4 Å². The van der Waals surface area contributed by atoms with E-state index >= 15 is 0 Å². The molecule has 154 valence electrons. The van der Waals surface area contributed by atoms with Gasteiger partial charge in [0.05, 0.1) is 0 Å². The summed E-state index contributed by atoms with van der Waals surface area (Å²) < 4.78 is 0. The lowest BCUT2D eigenvalue weighted by molar-refractivity contribution is -0.145. The quantitative estimate of drug-likeness (QED) is 0.809. The molecule has 4 unspecified atom stereocenters. The summed E-state index contributed by atoms with van der Waals surface area (Å²) in [4.78, 5) is 28.0. The van der Waals surface area contributed by atoms with E-state index in [2.05, 4.69) is 22.8 Å². The third-order valence-electron chi connectivity index (χ3n) is 6.69. The summed E-state index contributed by atoms with van der Waals surface area (Å²) in [6.07, 6.45) is 5.85. The van der Waals surface area contributed by atoms with Gasteiger partial charge in [0.1, 0.15) is 6.04 Å². The van der Waals surface area contributed by atoms with Crippen LogP contribution in [-0.2, 0) is 22.6 Å². The fourth-order valence-electron chi connectivity index (χ4n) is 4.92. The van der Waals surface area contributed by atoms with E-state index < -0.39 is 6.04 Å². The molecule has 4 rings (SSSR count). The van der Waals surface area contributed by atoms with Crippen LogP contribution in [0.2, 0.25) is 0 Å².